The van der Waals surface area contributed by atoms with Crippen LogP contribution in [0, 0.1) is 45.9 Å². The molecular formula is C78H101N21O8. The van der Waals surface area contributed by atoms with Crippen LogP contribution in [0.25, 0.3) is 0 Å². The van der Waals surface area contributed by atoms with Gasteiger partial charge in [-0.05, 0) is 97.8 Å². The van der Waals surface area contributed by atoms with Gasteiger partial charge in [0.25, 0.3) is 0 Å². The van der Waals surface area contributed by atoms with Crippen LogP contribution in [-0.4, -0.2) is 92.1 Å². The van der Waals surface area contributed by atoms with E-state index in [1.165, 1.54) is 31.9 Å². The molecule has 566 valence electrons. The predicted molar refractivity (Wildman–Crippen MR) is 411 cm³/mol. The van der Waals surface area contributed by atoms with Gasteiger partial charge in [0.05, 0.1) is 66.4 Å². The number of rotatable bonds is 20. The number of pyridine rings is 5. The topological polar surface area (TPSA) is 443 Å². The Bertz CT molecular complexity index is 4550. The Kier molecular flexibility index (Phi) is 29.8. The summed E-state index contributed by atoms with van der Waals surface area (Å²) in [4.78, 5) is 62.7. The maximum atomic E-state index is 9.67. The van der Waals surface area contributed by atoms with Crippen molar-refractivity contribution in [2.45, 2.75) is 204 Å². The summed E-state index contributed by atoms with van der Waals surface area (Å²) in [5, 5.41) is 28.3. The van der Waals surface area contributed by atoms with Gasteiger partial charge in [0.15, 0.2) is 57.8 Å². The summed E-state index contributed by atoms with van der Waals surface area (Å²) in [6.07, 6.45) is 20.2. The van der Waals surface area contributed by atoms with Crippen molar-refractivity contribution < 1.29 is 38.6 Å². The van der Waals surface area contributed by atoms with Crippen LogP contribution in [0.15, 0.2) is 92.3 Å². The van der Waals surface area contributed by atoms with Crippen molar-refractivity contribution in [2.24, 2.45) is 0 Å². The van der Waals surface area contributed by atoms with Gasteiger partial charge >= 0.3 is 0 Å². The molecule has 0 radical (unpaired) electrons. The predicted octanol–water partition coefficient (Wildman–Crippen LogP) is 15.7. The minimum Gasteiger partial charge on any atom is -0.451 e. The second kappa shape index (κ2) is 38.5. The first-order valence-corrected chi connectivity index (χ1v) is 35.4. The zero-order valence-corrected chi connectivity index (χ0v) is 64.6. The quantitative estimate of drug-likeness (QED) is 0.0372. The van der Waals surface area contributed by atoms with Gasteiger partial charge in [0, 0.05) is 108 Å². The van der Waals surface area contributed by atoms with Crippen molar-refractivity contribution in [3.8, 4) is 63.6 Å². The Morgan fingerprint density at radius 2 is 0.617 bits per heavy atom. The summed E-state index contributed by atoms with van der Waals surface area (Å²) in [6, 6.07) is 11.0. The number of hydrogen-bond donors (Lipinski definition) is 7. The average molecular weight is 1460 g/mol. The van der Waals surface area contributed by atoms with Crippen molar-refractivity contribution in [3.05, 3.63) is 178 Å². The molecule has 1 aliphatic rings. The lowest BCUT2D eigenvalue weighted by atomic mass is 9.99. The molecule has 10 heterocycles. The first-order valence-electron chi connectivity index (χ1n) is 35.4. The van der Waals surface area contributed by atoms with Crippen LogP contribution in [0.1, 0.15) is 255 Å². The zero-order valence-electron chi connectivity index (χ0n) is 64.6. The molecule has 12 N–H and O–H groups in total. The number of hydrogen-bond acceptors (Lipinski definition) is 29. The minimum absolute atomic E-state index is 0.116. The molecule has 10 aromatic heterocycles. The van der Waals surface area contributed by atoms with E-state index >= 15 is 0 Å². The molecule has 10 aromatic rings. The molecule has 0 bridgehead atoms. The molecule has 0 aliphatic heterocycles. The Morgan fingerprint density at radius 3 is 0.888 bits per heavy atom. The number of aryl methyl sites for hydroxylation is 5. The molecule has 0 spiro atoms. The number of aliphatic hydroxyl groups is 2. The standard InChI is InChI=1S/C18H24N4O.C16H22N4O2.2C15H20N4O2.C14H15N5O/c1-11(2)14-9-21-15(13-6-4-5-7-13)8-16(14)23-17-10-20-12(3)22-18(17)19;1-9(2)12-7-19-13(10(3)21-5)6-14(12)22-15-8-18-11(4)20-16(15)17;2*1-8(2)11-6-18-12(9(3)20)5-13(11)21-14-7-17-10(4)19-15(14)16;1-8(2)11-6-18-10(5-15)4-12(11)20-13-7-17-9(3)19-14(13)16/h8-11,13H,4-7H2,1-3H3,(H2,19,20,22);6-10H,1-5H3,(H2,17,18,20);2*5-9,20H,1-4H3,(H2,16,17,19);4,6-8H,1-3H3,(H2,16,17,19)/t;10-;2*9-;/m.010./s1. The number of aromatic nitrogens is 15. The highest BCUT2D eigenvalue weighted by molar-refractivity contribution is 5.53. The summed E-state index contributed by atoms with van der Waals surface area (Å²) in [5.74, 6) is 11.7. The third kappa shape index (κ3) is 23.5. The lowest BCUT2D eigenvalue weighted by Gasteiger charge is -2.17. The Hall–Kier alpha value is -11.5. The van der Waals surface area contributed by atoms with Crippen molar-refractivity contribution in [1.82, 2.24) is 74.8 Å². The normalized spacial score (nSPS) is 12.7. The van der Waals surface area contributed by atoms with Crippen molar-refractivity contribution in [1.29, 1.82) is 5.26 Å². The first kappa shape index (κ1) is 82.8. The van der Waals surface area contributed by atoms with Crippen LogP contribution in [0.3, 0.4) is 0 Å². The van der Waals surface area contributed by atoms with Crippen molar-refractivity contribution in [2.75, 3.05) is 35.8 Å². The number of nitrogen functional groups attached to an aromatic ring is 5. The SMILES string of the molecule is CO[C@@H](C)c1cc(Oc2cnc(C)nc2N)c(C(C)C)cn1.Cc1ncc(Oc2cc(C#N)ncc2C(C)C)c(N)n1.Cc1ncc(Oc2cc(C3CCCC3)ncc2C(C)C)c(N)n1.Cc1ncc(Oc2cc([C@@H](C)O)ncc2C(C)C)c(N)n1.Cc1ncc(Oc2cc([C@H](C)O)ncc2C(C)C)c(N)n1. The second-order valence-corrected chi connectivity index (χ2v) is 27.1. The number of nitriles is 1. The van der Waals surface area contributed by atoms with Gasteiger partial charge in [0.1, 0.15) is 69.6 Å². The number of nitrogens with two attached hydrogens (primary N) is 5. The van der Waals surface area contributed by atoms with Crippen molar-refractivity contribution >= 4 is 29.1 Å². The third-order valence-corrected chi connectivity index (χ3v) is 16.8. The number of ether oxygens (including phenoxy) is 6. The smallest absolute Gasteiger partial charge is 0.187 e. The molecule has 0 unspecified atom stereocenters. The van der Waals surface area contributed by atoms with Crippen LogP contribution in [0.2, 0.25) is 0 Å². The number of aliphatic hydroxyl groups excluding tert-OH is 2. The van der Waals surface area contributed by atoms with Gasteiger partial charge in [-0.15, -0.1) is 0 Å². The van der Waals surface area contributed by atoms with Gasteiger partial charge in [-0.1, -0.05) is 82.1 Å². The molecule has 1 saturated carbocycles. The molecule has 29 nitrogen and oxygen atoms in total. The summed E-state index contributed by atoms with van der Waals surface area (Å²) in [7, 11) is 1.65. The monoisotopic (exact) mass is 1460 g/mol. The van der Waals surface area contributed by atoms with Crippen LogP contribution in [0.5, 0.6) is 57.5 Å². The summed E-state index contributed by atoms with van der Waals surface area (Å²) in [5.41, 5.74) is 37.5. The number of methoxy groups -OCH3 is 1. The van der Waals surface area contributed by atoms with Gasteiger partial charge < -0.3 is 67.3 Å². The molecule has 0 amide bonds. The molecular weight excluding hydrogens is 1360 g/mol. The van der Waals surface area contributed by atoms with Crippen LogP contribution >= 0.6 is 0 Å². The first-order chi connectivity index (χ1) is 50.7. The van der Waals surface area contributed by atoms with Crippen LogP contribution in [-0.2, 0) is 4.74 Å². The molecule has 3 atom stereocenters. The van der Waals surface area contributed by atoms with Gasteiger partial charge in [-0.2, -0.15) is 5.26 Å². The van der Waals surface area contributed by atoms with E-state index in [0.29, 0.717) is 116 Å². The van der Waals surface area contributed by atoms with Crippen LogP contribution in [0.4, 0.5) is 29.1 Å². The Morgan fingerprint density at radius 1 is 0.355 bits per heavy atom. The minimum atomic E-state index is -0.667. The molecule has 1 fully saturated rings. The lowest BCUT2D eigenvalue weighted by Crippen LogP contribution is -2.04. The molecule has 29 heteroatoms. The fourth-order valence-corrected chi connectivity index (χ4v) is 10.6. The molecule has 0 aromatic carbocycles. The maximum absolute atomic E-state index is 9.67. The second-order valence-electron chi connectivity index (χ2n) is 27.1. The molecule has 1 aliphatic carbocycles. The van der Waals surface area contributed by atoms with E-state index in [9.17, 15) is 10.2 Å². The fourth-order valence-electron chi connectivity index (χ4n) is 10.6. The number of anilines is 5. The molecule has 107 heavy (non-hydrogen) atoms. The number of nitrogens with zero attached hydrogens (tertiary/aromatic N) is 16. The average Bonchev–Trinajstić information content (AvgIpc) is 1.59. The van der Waals surface area contributed by atoms with Gasteiger partial charge in [-0.3, -0.25) is 19.9 Å². The van der Waals surface area contributed by atoms with Crippen molar-refractivity contribution in [3.63, 3.8) is 0 Å². The van der Waals surface area contributed by atoms with Crippen LogP contribution < -0.4 is 52.4 Å². The van der Waals surface area contributed by atoms with E-state index in [0.717, 1.165) is 45.0 Å². The van der Waals surface area contributed by atoms with Gasteiger partial charge in [-0.25, -0.2) is 54.8 Å². The lowest BCUT2D eigenvalue weighted by molar-refractivity contribution is 0.115. The van der Waals surface area contributed by atoms with E-state index < -0.39 is 12.2 Å². The van der Waals surface area contributed by atoms with E-state index in [1.807, 2.05) is 79.9 Å². The molecule has 0 saturated heterocycles. The maximum Gasteiger partial charge on any atom is 0.187 e. The molecule has 11 rings (SSSR count). The summed E-state index contributed by atoms with van der Waals surface area (Å²) in [6.45, 7) is 34.8. The van der Waals surface area contributed by atoms with E-state index in [-0.39, 0.29) is 52.9 Å². The van der Waals surface area contributed by atoms with E-state index in [2.05, 4.69) is 109 Å². The third-order valence-electron chi connectivity index (χ3n) is 16.8. The summed E-state index contributed by atoms with van der Waals surface area (Å²) >= 11 is 0. The highest BCUT2D eigenvalue weighted by atomic mass is 16.5. The fraction of sp³-hybridized carbons (Fsp3) is 0.410. The Balaban J connectivity index is 0.000000187. The highest BCUT2D eigenvalue weighted by Crippen LogP contribution is 2.41. The highest BCUT2D eigenvalue weighted by Gasteiger charge is 2.24. The zero-order chi connectivity index (χ0) is 78.5. The Labute approximate surface area is 626 Å². The van der Waals surface area contributed by atoms with Gasteiger partial charge in [0.2, 0.25) is 0 Å². The van der Waals surface area contributed by atoms with E-state index in [1.54, 1.807) is 110 Å². The summed E-state index contributed by atoms with van der Waals surface area (Å²) < 4.78 is 34.8. The van der Waals surface area contributed by atoms with E-state index in [4.69, 9.17) is 62.4 Å². The largest absolute Gasteiger partial charge is 0.451 e.